The van der Waals surface area contributed by atoms with E-state index in [-0.39, 0.29) is 5.91 Å². The Morgan fingerprint density at radius 1 is 1.52 bits per heavy atom. The van der Waals surface area contributed by atoms with Crippen molar-refractivity contribution < 1.29 is 14.3 Å². The van der Waals surface area contributed by atoms with Crippen LogP contribution in [0.3, 0.4) is 0 Å². The molecular weight excluding hydrogens is 292 g/mol. The van der Waals surface area contributed by atoms with E-state index in [0.717, 1.165) is 0 Å². The van der Waals surface area contributed by atoms with Crippen molar-refractivity contribution in [3.63, 3.8) is 0 Å². The van der Waals surface area contributed by atoms with Crippen LogP contribution in [0.15, 0.2) is 24.3 Å². The number of rotatable bonds is 4. The highest BCUT2D eigenvalue weighted by atomic mass is 35.5. The molecule has 6 heteroatoms. The van der Waals surface area contributed by atoms with Gasteiger partial charge < -0.3 is 14.8 Å². The van der Waals surface area contributed by atoms with Gasteiger partial charge >= 0.3 is 0 Å². The van der Waals surface area contributed by atoms with Crippen LogP contribution >= 0.6 is 11.6 Å². The van der Waals surface area contributed by atoms with Gasteiger partial charge in [-0.15, -0.1) is 0 Å². The average Bonchev–Trinajstić information content (AvgIpc) is 2.48. The highest BCUT2D eigenvalue weighted by Gasteiger charge is 2.35. The Morgan fingerprint density at radius 2 is 2.24 bits per heavy atom. The highest BCUT2D eigenvalue weighted by molar-refractivity contribution is 6.30. The summed E-state index contributed by atoms with van der Waals surface area (Å²) in [5, 5.41) is 12.6. The molecule has 5 nitrogen and oxygen atoms in total. The predicted octanol–water partition coefficient (Wildman–Crippen LogP) is 2.30. The van der Waals surface area contributed by atoms with Gasteiger partial charge in [0, 0.05) is 31.1 Å². The molecule has 1 aliphatic rings. The summed E-state index contributed by atoms with van der Waals surface area (Å²) < 4.78 is 10.8. The van der Waals surface area contributed by atoms with Crippen LogP contribution in [0.1, 0.15) is 19.8 Å². The second-order valence-electron chi connectivity index (χ2n) is 5.01. The molecule has 0 spiro atoms. The van der Waals surface area contributed by atoms with E-state index in [2.05, 4.69) is 11.4 Å². The summed E-state index contributed by atoms with van der Waals surface area (Å²) in [5.74, 6) is 0.196. The Morgan fingerprint density at radius 3 is 2.86 bits per heavy atom. The first-order valence-corrected chi connectivity index (χ1v) is 7.16. The number of halogens is 1. The molecule has 1 heterocycles. The maximum absolute atomic E-state index is 12.2. The van der Waals surface area contributed by atoms with Gasteiger partial charge in [-0.25, -0.2) is 0 Å². The number of nitrogens with one attached hydrogen (secondary N) is 1. The van der Waals surface area contributed by atoms with Crippen LogP contribution in [0, 0.1) is 11.3 Å². The van der Waals surface area contributed by atoms with Crippen molar-refractivity contribution >= 4 is 17.5 Å². The minimum absolute atomic E-state index is 0.321. The number of hydrogen-bond acceptors (Lipinski definition) is 4. The monoisotopic (exact) mass is 308 g/mol. The van der Waals surface area contributed by atoms with Gasteiger partial charge in [0.15, 0.2) is 6.10 Å². The van der Waals surface area contributed by atoms with Gasteiger partial charge in [-0.2, -0.15) is 5.26 Å². The third kappa shape index (κ3) is 4.10. The van der Waals surface area contributed by atoms with Crippen molar-refractivity contribution in [1.82, 2.24) is 5.32 Å². The molecule has 21 heavy (non-hydrogen) atoms. The van der Waals surface area contributed by atoms with E-state index in [1.54, 1.807) is 31.2 Å². The number of benzene rings is 1. The highest BCUT2D eigenvalue weighted by Crippen LogP contribution is 2.21. The van der Waals surface area contributed by atoms with Gasteiger partial charge in [-0.3, -0.25) is 4.79 Å². The smallest absolute Gasteiger partial charge is 0.262 e. The lowest BCUT2D eigenvalue weighted by atomic mass is 9.91. The molecule has 1 aliphatic heterocycles. The zero-order valence-electron chi connectivity index (χ0n) is 11.8. The summed E-state index contributed by atoms with van der Waals surface area (Å²) in [7, 11) is 0. The zero-order valence-corrected chi connectivity index (χ0v) is 12.5. The lowest BCUT2D eigenvalue weighted by molar-refractivity contribution is -0.129. The van der Waals surface area contributed by atoms with Crippen molar-refractivity contribution in [1.29, 1.82) is 5.26 Å². The maximum Gasteiger partial charge on any atom is 0.262 e. The molecule has 1 N–H and O–H groups in total. The fraction of sp³-hybridized carbons (Fsp3) is 0.467. The Balaban J connectivity index is 1.97. The molecule has 0 aliphatic carbocycles. The second-order valence-corrected chi connectivity index (χ2v) is 5.45. The van der Waals surface area contributed by atoms with E-state index >= 15 is 0 Å². The zero-order chi connectivity index (χ0) is 15.3. The Labute approximate surface area is 128 Å². The normalized spacial score (nSPS) is 18.3. The van der Waals surface area contributed by atoms with E-state index in [9.17, 15) is 10.1 Å². The molecule has 1 aromatic carbocycles. The van der Waals surface area contributed by atoms with Crippen molar-refractivity contribution in [3.05, 3.63) is 29.3 Å². The van der Waals surface area contributed by atoms with Crippen molar-refractivity contribution in [3.8, 4) is 11.8 Å². The number of carbonyl (C=O) groups excluding carboxylic acids is 1. The van der Waals surface area contributed by atoms with E-state index in [1.807, 2.05) is 0 Å². The Kier molecular flexibility index (Phi) is 5.05. The van der Waals surface area contributed by atoms with Crippen LogP contribution < -0.4 is 10.1 Å². The third-order valence-electron chi connectivity index (χ3n) is 3.40. The molecular formula is C15H17ClN2O3. The molecule has 1 atom stereocenters. The SMILES string of the molecule is C[C@H](Oc1cccc(Cl)c1)C(=O)NC1(C#N)CCOCC1. The lowest BCUT2D eigenvalue weighted by Gasteiger charge is -2.32. The van der Waals surface area contributed by atoms with Crippen LogP contribution in [0.25, 0.3) is 0 Å². The van der Waals surface area contributed by atoms with Crippen LogP contribution in [-0.2, 0) is 9.53 Å². The topological polar surface area (TPSA) is 71.3 Å². The van der Waals surface area contributed by atoms with Gasteiger partial charge in [0.25, 0.3) is 5.91 Å². The maximum atomic E-state index is 12.2. The molecule has 112 valence electrons. The number of carbonyl (C=O) groups is 1. The van der Waals surface area contributed by atoms with E-state index in [4.69, 9.17) is 21.1 Å². The largest absolute Gasteiger partial charge is 0.481 e. The predicted molar refractivity (Wildman–Crippen MR) is 78.1 cm³/mol. The molecule has 1 fully saturated rings. The lowest BCUT2D eigenvalue weighted by Crippen LogP contribution is -2.54. The Bertz CT molecular complexity index is 550. The number of ether oxygens (including phenoxy) is 2. The minimum atomic E-state index is -0.860. The quantitative estimate of drug-likeness (QED) is 0.926. The van der Waals surface area contributed by atoms with Gasteiger partial charge in [0.05, 0.1) is 6.07 Å². The summed E-state index contributed by atoms with van der Waals surface area (Å²) in [4.78, 5) is 12.2. The summed E-state index contributed by atoms with van der Waals surface area (Å²) in [6.07, 6.45) is 0.259. The molecule has 2 rings (SSSR count). The first-order valence-electron chi connectivity index (χ1n) is 6.78. The van der Waals surface area contributed by atoms with Gasteiger partial charge in [-0.1, -0.05) is 17.7 Å². The van der Waals surface area contributed by atoms with Crippen molar-refractivity contribution in [2.75, 3.05) is 13.2 Å². The first kappa shape index (κ1) is 15.6. The van der Waals surface area contributed by atoms with Gasteiger partial charge in [0.1, 0.15) is 11.3 Å². The first-order chi connectivity index (χ1) is 10.0. The number of nitrogens with zero attached hydrogens (tertiary/aromatic N) is 1. The van der Waals surface area contributed by atoms with E-state index in [0.29, 0.717) is 36.8 Å². The molecule has 0 radical (unpaired) electrons. The van der Waals surface area contributed by atoms with Crippen molar-refractivity contribution in [2.24, 2.45) is 0 Å². The average molecular weight is 309 g/mol. The Hall–Kier alpha value is -1.77. The number of nitriles is 1. The van der Waals surface area contributed by atoms with E-state index in [1.165, 1.54) is 0 Å². The summed E-state index contributed by atoms with van der Waals surface area (Å²) in [6.45, 7) is 2.58. The van der Waals surface area contributed by atoms with Gasteiger partial charge in [0.2, 0.25) is 0 Å². The summed E-state index contributed by atoms with van der Waals surface area (Å²) >= 11 is 5.87. The van der Waals surface area contributed by atoms with Crippen LogP contribution in [0.5, 0.6) is 5.75 Å². The molecule has 1 amide bonds. The van der Waals surface area contributed by atoms with Gasteiger partial charge in [-0.05, 0) is 25.1 Å². The molecule has 0 bridgehead atoms. The third-order valence-corrected chi connectivity index (χ3v) is 3.64. The molecule has 0 unspecified atom stereocenters. The fourth-order valence-electron chi connectivity index (χ4n) is 2.12. The molecule has 0 aromatic heterocycles. The molecule has 1 saturated heterocycles. The van der Waals surface area contributed by atoms with Crippen LogP contribution in [0.4, 0.5) is 0 Å². The summed E-state index contributed by atoms with van der Waals surface area (Å²) in [6, 6.07) is 9.03. The number of amides is 1. The number of hydrogen-bond donors (Lipinski definition) is 1. The second kappa shape index (κ2) is 6.79. The minimum Gasteiger partial charge on any atom is -0.481 e. The van der Waals surface area contributed by atoms with Crippen LogP contribution in [0.2, 0.25) is 5.02 Å². The fourth-order valence-corrected chi connectivity index (χ4v) is 2.30. The van der Waals surface area contributed by atoms with Crippen LogP contribution in [-0.4, -0.2) is 30.8 Å². The standard InChI is InChI=1S/C15H17ClN2O3/c1-11(21-13-4-2-3-12(16)9-13)14(19)18-15(10-17)5-7-20-8-6-15/h2-4,9,11H,5-8H2,1H3,(H,18,19)/t11-/m0/s1. The van der Waals surface area contributed by atoms with Crippen molar-refractivity contribution in [2.45, 2.75) is 31.4 Å². The van der Waals surface area contributed by atoms with E-state index < -0.39 is 11.6 Å². The molecule has 1 aromatic rings. The molecule has 0 saturated carbocycles. The summed E-state index contributed by atoms with van der Waals surface area (Å²) in [5.41, 5.74) is -0.860.